The molecule has 0 aliphatic rings. The van der Waals surface area contributed by atoms with Gasteiger partial charge in [-0.2, -0.15) is 0 Å². The van der Waals surface area contributed by atoms with E-state index >= 15 is 0 Å². The number of nitrogens with one attached hydrogen (secondary N) is 1. The molecule has 0 aliphatic carbocycles. The smallest absolute Gasteiger partial charge is 0.342 e. The molecule has 74 valence electrons. The molecule has 8 nitrogen and oxygen atoms in total. The molecule has 0 saturated carbocycles. The maximum atomic E-state index is 10.6. The van der Waals surface area contributed by atoms with Crippen molar-refractivity contribution >= 4 is 17.5 Å². The van der Waals surface area contributed by atoms with Gasteiger partial charge in [0.15, 0.2) is 5.82 Å². The SMILES string of the molecule is O=C(O)c1cc(NO)ncc1[N+](=O)[O-]. The molecule has 1 rings (SSSR count). The van der Waals surface area contributed by atoms with Crippen LogP contribution in [0.25, 0.3) is 0 Å². The van der Waals surface area contributed by atoms with Gasteiger partial charge in [0.25, 0.3) is 0 Å². The minimum Gasteiger partial charge on any atom is -0.477 e. The molecule has 0 aliphatic heterocycles. The molecule has 1 aromatic heterocycles. The van der Waals surface area contributed by atoms with Crippen molar-refractivity contribution in [3.05, 3.63) is 27.9 Å². The van der Waals surface area contributed by atoms with Crippen LogP contribution in [0.1, 0.15) is 10.4 Å². The van der Waals surface area contributed by atoms with E-state index in [0.29, 0.717) is 0 Å². The van der Waals surface area contributed by atoms with Crippen LogP contribution in [0, 0.1) is 10.1 Å². The molecule has 0 aromatic carbocycles. The highest BCUT2D eigenvalue weighted by Crippen LogP contribution is 2.19. The van der Waals surface area contributed by atoms with Gasteiger partial charge in [0, 0.05) is 6.07 Å². The number of nitro groups is 1. The summed E-state index contributed by atoms with van der Waals surface area (Å²) >= 11 is 0. The summed E-state index contributed by atoms with van der Waals surface area (Å²) in [6.45, 7) is 0. The minimum absolute atomic E-state index is 0.173. The van der Waals surface area contributed by atoms with E-state index in [4.69, 9.17) is 10.3 Å². The van der Waals surface area contributed by atoms with Crippen molar-refractivity contribution in [2.24, 2.45) is 0 Å². The molecular formula is C6H5N3O5. The predicted octanol–water partition coefficient (Wildman–Crippen LogP) is 0.489. The number of pyridine rings is 1. The molecular weight excluding hydrogens is 194 g/mol. The second kappa shape index (κ2) is 3.66. The standard InChI is InChI=1S/C6H5N3O5/c10-6(11)3-1-5(8-12)7-2-4(3)9(13)14/h1-2,12H,(H,7,8)(H,10,11). The van der Waals surface area contributed by atoms with E-state index in [2.05, 4.69) is 4.98 Å². The van der Waals surface area contributed by atoms with Gasteiger partial charge in [-0.05, 0) is 0 Å². The molecule has 0 unspecified atom stereocenters. The van der Waals surface area contributed by atoms with E-state index in [1.54, 1.807) is 5.48 Å². The predicted molar refractivity (Wildman–Crippen MR) is 43.3 cm³/mol. The topological polar surface area (TPSA) is 126 Å². The van der Waals surface area contributed by atoms with Crippen molar-refractivity contribution in [1.29, 1.82) is 0 Å². The average Bonchev–Trinajstić information content (AvgIpc) is 2.16. The number of nitrogens with zero attached hydrogens (tertiary/aromatic N) is 2. The lowest BCUT2D eigenvalue weighted by atomic mass is 10.2. The average molecular weight is 199 g/mol. The first kappa shape index (κ1) is 9.86. The fraction of sp³-hybridized carbons (Fsp3) is 0. The quantitative estimate of drug-likeness (QED) is 0.477. The molecule has 0 radical (unpaired) electrons. The molecule has 1 aromatic rings. The number of rotatable bonds is 3. The van der Waals surface area contributed by atoms with Crippen molar-refractivity contribution in [3.63, 3.8) is 0 Å². The van der Waals surface area contributed by atoms with Crippen LogP contribution in [-0.2, 0) is 0 Å². The largest absolute Gasteiger partial charge is 0.477 e. The molecule has 0 atom stereocenters. The van der Waals surface area contributed by atoms with Gasteiger partial charge in [0.2, 0.25) is 0 Å². The molecule has 14 heavy (non-hydrogen) atoms. The highest BCUT2D eigenvalue weighted by atomic mass is 16.6. The van der Waals surface area contributed by atoms with Crippen molar-refractivity contribution in [1.82, 2.24) is 4.98 Å². The number of aromatic carboxylic acids is 1. The number of aromatic nitrogens is 1. The molecule has 8 heteroatoms. The van der Waals surface area contributed by atoms with Crippen LogP contribution in [-0.4, -0.2) is 26.2 Å². The summed E-state index contributed by atoms with van der Waals surface area (Å²) < 4.78 is 0. The Hall–Kier alpha value is -2.22. The van der Waals surface area contributed by atoms with Gasteiger partial charge in [-0.1, -0.05) is 0 Å². The Morgan fingerprint density at radius 2 is 2.29 bits per heavy atom. The number of carboxylic acid groups (broad SMARTS) is 1. The number of carbonyl (C=O) groups is 1. The summed E-state index contributed by atoms with van der Waals surface area (Å²) in [5.74, 6) is -1.64. The third kappa shape index (κ3) is 1.75. The van der Waals surface area contributed by atoms with Crippen molar-refractivity contribution in [2.75, 3.05) is 5.48 Å². The molecule has 0 amide bonds. The first-order valence-electron chi connectivity index (χ1n) is 3.34. The summed E-state index contributed by atoms with van der Waals surface area (Å²) in [4.78, 5) is 23.4. The maximum absolute atomic E-state index is 10.6. The van der Waals surface area contributed by atoms with E-state index in [9.17, 15) is 14.9 Å². The van der Waals surface area contributed by atoms with Gasteiger partial charge in [-0.25, -0.2) is 9.78 Å². The molecule has 0 spiro atoms. The fourth-order valence-corrected chi connectivity index (χ4v) is 0.826. The van der Waals surface area contributed by atoms with Gasteiger partial charge in [-0.15, -0.1) is 0 Å². The normalized spacial score (nSPS) is 9.50. The molecule has 1 heterocycles. The molecule has 0 bridgehead atoms. The monoisotopic (exact) mass is 199 g/mol. The van der Waals surface area contributed by atoms with Crippen LogP contribution in [0.3, 0.4) is 0 Å². The second-order valence-corrected chi connectivity index (χ2v) is 2.26. The van der Waals surface area contributed by atoms with Crippen LogP contribution in [0.15, 0.2) is 12.3 Å². The van der Waals surface area contributed by atoms with Gasteiger partial charge < -0.3 is 5.11 Å². The van der Waals surface area contributed by atoms with Crippen LogP contribution in [0.4, 0.5) is 11.5 Å². The third-order valence-corrected chi connectivity index (χ3v) is 1.42. The van der Waals surface area contributed by atoms with Gasteiger partial charge in [0.1, 0.15) is 11.8 Å². The first-order valence-corrected chi connectivity index (χ1v) is 3.34. The minimum atomic E-state index is -1.46. The van der Waals surface area contributed by atoms with Gasteiger partial charge in [0.05, 0.1) is 4.92 Å². The Balaban J connectivity index is 3.31. The zero-order valence-corrected chi connectivity index (χ0v) is 6.67. The molecule has 0 saturated heterocycles. The highest BCUT2D eigenvalue weighted by Gasteiger charge is 2.20. The number of anilines is 1. The van der Waals surface area contributed by atoms with E-state index in [1.165, 1.54) is 0 Å². The number of carboxylic acids is 1. The summed E-state index contributed by atoms with van der Waals surface area (Å²) in [5, 5.41) is 27.3. The maximum Gasteiger partial charge on any atom is 0.342 e. The van der Waals surface area contributed by atoms with E-state index in [0.717, 1.165) is 12.3 Å². The second-order valence-electron chi connectivity index (χ2n) is 2.26. The fourth-order valence-electron chi connectivity index (χ4n) is 0.826. The zero-order valence-electron chi connectivity index (χ0n) is 6.67. The third-order valence-electron chi connectivity index (χ3n) is 1.42. The Kier molecular flexibility index (Phi) is 2.58. The van der Waals surface area contributed by atoms with E-state index in [-0.39, 0.29) is 5.82 Å². The van der Waals surface area contributed by atoms with Crippen LogP contribution in [0.2, 0.25) is 0 Å². The first-order chi connectivity index (χ1) is 6.56. The Morgan fingerprint density at radius 3 is 2.71 bits per heavy atom. The van der Waals surface area contributed by atoms with Gasteiger partial charge >= 0.3 is 11.7 Å². The van der Waals surface area contributed by atoms with Crippen molar-refractivity contribution in [3.8, 4) is 0 Å². The van der Waals surface area contributed by atoms with E-state index < -0.39 is 22.1 Å². The van der Waals surface area contributed by atoms with Crippen LogP contribution >= 0.6 is 0 Å². The Bertz CT molecular complexity index is 391. The van der Waals surface area contributed by atoms with Crippen LogP contribution in [0.5, 0.6) is 0 Å². The van der Waals surface area contributed by atoms with Gasteiger partial charge in [-0.3, -0.25) is 20.8 Å². The molecule has 0 fully saturated rings. The molecule has 3 N–H and O–H groups in total. The lowest BCUT2D eigenvalue weighted by Crippen LogP contribution is -2.05. The Morgan fingerprint density at radius 1 is 1.64 bits per heavy atom. The zero-order chi connectivity index (χ0) is 10.7. The van der Waals surface area contributed by atoms with Crippen molar-refractivity contribution in [2.45, 2.75) is 0 Å². The summed E-state index contributed by atoms with van der Waals surface area (Å²) in [6, 6.07) is 0.862. The van der Waals surface area contributed by atoms with Crippen molar-refractivity contribution < 1.29 is 20.0 Å². The Labute approximate surface area is 76.9 Å². The highest BCUT2D eigenvalue weighted by molar-refractivity contribution is 5.92. The number of hydrogen-bond donors (Lipinski definition) is 3. The van der Waals surface area contributed by atoms with E-state index in [1.807, 2.05) is 0 Å². The summed E-state index contributed by atoms with van der Waals surface area (Å²) in [5.41, 5.74) is 0.423. The summed E-state index contributed by atoms with van der Waals surface area (Å²) in [7, 11) is 0. The van der Waals surface area contributed by atoms with Crippen LogP contribution < -0.4 is 5.48 Å². The summed E-state index contributed by atoms with van der Waals surface area (Å²) in [6.07, 6.45) is 0.752. The number of hydrogen-bond acceptors (Lipinski definition) is 6. The lowest BCUT2D eigenvalue weighted by Gasteiger charge is -2.00. The lowest BCUT2D eigenvalue weighted by molar-refractivity contribution is -0.385.